The maximum absolute atomic E-state index is 10.6. The summed E-state index contributed by atoms with van der Waals surface area (Å²) in [6.07, 6.45) is 0.178. The van der Waals surface area contributed by atoms with Gasteiger partial charge in [-0.2, -0.15) is 0 Å². The molecular weight excluding hydrogens is 148 g/mol. The van der Waals surface area contributed by atoms with Crippen molar-refractivity contribution in [2.45, 2.75) is 18.6 Å². The molecule has 1 aliphatic rings. The van der Waals surface area contributed by atoms with Crippen LogP contribution >= 0.6 is 0 Å². The van der Waals surface area contributed by atoms with Gasteiger partial charge in [-0.05, 0) is 0 Å². The number of likely N-dealkylation sites (tertiary alicyclic amines) is 1. The van der Waals surface area contributed by atoms with Crippen LogP contribution in [0.3, 0.4) is 0 Å². The number of primary amides is 1. The molecule has 5 heteroatoms. The van der Waals surface area contributed by atoms with E-state index in [-0.39, 0.29) is 13.0 Å². The van der Waals surface area contributed by atoms with E-state index < -0.39 is 18.1 Å². The van der Waals surface area contributed by atoms with Gasteiger partial charge in [0.2, 0.25) is 12.3 Å². The number of amides is 2. The maximum Gasteiger partial charge on any atom is 0.240 e. The van der Waals surface area contributed by atoms with Gasteiger partial charge in [-0.15, -0.1) is 0 Å². The molecule has 0 radical (unpaired) electrons. The van der Waals surface area contributed by atoms with Crippen LogP contribution in [0.1, 0.15) is 6.42 Å². The first-order valence-electron chi connectivity index (χ1n) is 3.33. The summed E-state index contributed by atoms with van der Waals surface area (Å²) >= 11 is 0. The fourth-order valence-electron chi connectivity index (χ4n) is 1.23. The largest absolute Gasteiger partial charge is 0.391 e. The van der Waals surface area contributed by atoms with Gasteiger partial charge in [-0.1, -0.05) is 0 Å². The summed E-state index contributed by atoms with van der Waals surface area (Å²) in [5.41, 5.74) is 4.98. The topological polar surface area (TPSA) is 83.6 Å². The Morgan fingerprint density at radius 2 is 2.36 bits per heavy atom. The predicted molar refractivity (Wildman–Crippen MR) is 36.4 cm³/mol. The lowest BCUT2D eigenvalue weighted by Gasteiger charge is -2.14. The number of hydrogen-bond acceptors (Lipinski definition) is 3. The van der Waals surface area contributed by atoms with Crippen molar-refractivity contribution >= 4 is 12.3 Å². The number of hydrogen-bond donors (Lipinski definition) is 2. The minimum atomic E-state index is -0.623. The molecule has 0 aromatic carbocycles. The summed E-state index contributed by atoms with van der Waals surface area (Å²) in [6, 6.07) is -0.623. The molecule has 5 nitrogen and oxygen atoms in total. The smallest absolute Gasteiger partial charge is 0.240 e. The molecule has 0 bridgehead atoms. The Kier molecular flexibility index (Phi) is 2.09. The highest BCUT2D eigenvalue weighted by Gasteiger charge is 2.33. The molecule has 11 heavy (non-hydrogen) atoms. The Balaban J connectivity index is 2.64. The van der Waals surface area contributed by atoms with E-state index in [0.717, 1.165) is 0 Å². The number of nitrogens with two attached hydrogens (primary N) is 1. The van der Waals surface area contributed by atoms with E-state index in [2.05, 4.69) is 0 Å². The van der Waals surface area contributed by atoms with E-state index in [0.29, 0.717) is 6.41 Å². The average Bonchev–Trinajstić information content (AvgIpc) is 2.30. The van der Waals surface area contributed by atoms with Crippen molar-refractivity contribution in [3.8, 4) is 0 Å². The molecule has 0 aliphatic carbocycles. The minimum Gasteiger partial charge on any atom is -0.391 e. The highest BCUT2D eigenvalue weighted by Crippen LogP contribution is 2.14. The van der Waals surface area contributed by atoms with Gasteiger partial charge in [0, 0.05) is 13.0 Å². The van der Waals surface area contributed by atoms with Gasteiger partial charge >= 0.3 is 0 Å². The third kappa shape index (κ3) is 1.48. The second-order valence-electron chi connectivity index (χ2n) is 2.61. The summed E-state index contributed by atoms with van der Waals surface area (Å²) in [7, 11) is 0. The van der Waals surface area contributed by atoms with Gasteiger partial charge < -0.3 is 15.7 Å². The number of rotatable bonds is 2. The van der Waals surface area contributed by atoms with Gasteiger partial charge in [-0.25, -0.2) is 0 Å². The molecule has 1 heterocycles. The van der Waals surface area contributed by atoms with E-state index in [4.69, 9.17) is 10.8 Å². The zero-order valence-electron chi connectivity index (χ0n) is 5.93. The van der Waals surface area contributed by atoms with Crippen molar-refractivity contribution in [3.63, 3.8) is 0 Å². The van der Waals surface area contributed by atoms with Crippen LogP contribution in [0.25, 0.3) is 0 Å². The first kappa shape index (κ1) is 8.00. The zero-order chi connectivity index (χ0) is 8.43. The van der Waals surface area contributed by atoms with Crippen LogP contribution in [-0.4, -0.2) is 41.0 Å². The Hall–Kier alpha value is -1.10. The van der Waals surface area contributed by atoms with E-state index in [9.17, 15) is 9.59 Å². The molecule has 0 saturated carbocycles. The number of carbonyl (C=O) groups is 2. The minimum absolute atomic E-state index is 0.205. The fraction of sp³-hybridized carbons (Fsp3) is 0.667. The van der Waals surface area contributed by atoms with Crippen LogP contribution in [0, 0.1) is 0 Å². The number of carbonyl (C=O) groups excluding carboxylic acids is 2. The van der Waals surface area contributed by atoms with Crippen LogP contribution in [0.2, 0.25) is 0 Å². The molecule has 1 saturated heterocycles. The quantitative estimate of drug-likeness (QED) is 0.459. The molecule has 0 aromatic heterocycles. The van der Waals surface area contributed by atoms with Crippen LogP contribution in [0.5, 0.6) is 0 Å². The molecule has 1 fully saturated rings. The van der Waals surface area contributed by atoms with Crippen molar-refractivity contribution < 1.29 is 14.7 Å². The SMILES string of the molecule is NC(=O)C1C[C@@H](O)CN1C=O. The maximum atomic E-state index is 10.6. The molecule has 62 valence electrons. The van der Waals surface area contributed by atoms with Crippen LogP contribution in [0.15, 0.2) is 0 Å². The molecule has 1 unspecified atom stereocenters. The normalized spacial score (nSPS) is 30.5. The third-order valence-corrected chi connectivity index (χ3v) is 1.78. The molecule has 2 amide bonds. The number of aliphatic hydroxyl groups is 1. The molecule has 3 N–H and O–H groups in total. The van der Waals surface area contributed by atoms with E-state index in [1.54, 1.807) is 0 Å². The molecule has 1 aliphatic heterocycles. The highest BCUT2D eigenvalue weighted by molar-refractivity contribution is 5.82. The second kappa shape index (κ2) is 2.87. The standard InChI is InChI=1S/C6H10N2O3/c7-6(11)5-1-4(10)2-8(5)3-9/h3-5,10H,1-2H2,(H2,7,11)/t4-,5?/m1/s1. The van der Waals surface area contributed by atoms with E-state index >= 15 is 0 Å². The summed E-state index contributed by atoms with van der Waals surface area (Å²) < 4.78 is 0. The van der Waals surface area contributed by atoms with Gasteiger partial charge in [-0.3, -0.25) is 9.59 Å². The Bertz CT molecular complexity index is 183. The summed E-state index contributed by atoms with van der Waals surface area (Å²) in [5, 5.41) is 9.04. The van der Waals surface area contributed by atoms with E-state index in [1.165, 1.54) is 4.90 Å². The Morgan fingerprint density at radius 3 is 2.73 bits per heavy atom. The highest BCUT2D eigenvalue weighted by atomic mass is 16.3. The molecule has 2 atom stereocenters. The fourth-order valence-corrected chi connectivity index (χ4v) is 1.23. The lowest BCUT2D eigenvalue weighted by atomic mass is 10.2. The van der Waals surface area contributed by atoms with Crippen molar-refractivity contribution in [1.29, 1.82) is 0 Å². The van der Waals surface area contributed by atoms with Crippen molar-refractivity contribution in [2.24, 2.45) is 5.73 Å². The van der Waals surface area contributed by atoms with E-state index in [1.807, 2.05) is 0 Å². The summed E-state index contributed by atoms with van der Waals surface area (Å²) in [4.78, 5) is 22.1. The lowest BCUT2D eigenvalue weighted by molar-refractivity contribution is -0.129. The average molecular weight is 158 g/mol. The molecule has 1 rings (SSSR count). The van der Waals surface area contributed by atoms with Gasteiger partial charge in [0.25, 0.3) is 0 Å². The van der Waals surface area contributed by atoms with Gasteiger partial charge in [0.15, 0.2) is 0 Å². The monoisotopic (exact) mass is 158 g/mol. The van der Waals surface area contributed by atoms with Crippen molar-refractivity contribution in [1.82, 2.24) is 4.90 Å². The Labute approximate surface area is 63.8 Å². The zero-order valence-corrected chi connectivity index (χ0v) is 5.93. The Morgan fingerprint density at radius 1 is 1.73 bits per heavy atom. The predicted octanol–water partition coefficient (Wildman–Crippen LogP) is -1.94. The molecule has 0 aromatic rings. The number of β-amino-alcohol motifs (C(OH)–C–C–N with tert-alkyl or cyclic N) is 1. The summed E-state index contributed by atoms with van der Waals surface area (Å²) in [5.74, 6) is -0.561. The van der Waals surface area contributed by atoms with Crippen LogP contribution < -0.4 is 5.73 Å². The lowest BCUT2D eigenvalue weighted by Crippen LogP contribution is -2.39. The van der Waals surface area contributed by atoms with Crippen molar-refractivity contribution in [3.05, 3.63) is 0 Å². The first-order valence-corrected chi connectivity index (χ1v) is 3.33. The third-order valence-electron chi connectivity index (χ3n) is 1.78. The van der Waals surface area contributed by atoms with Crippen LogP contribution in [0.4, 0.5) is 0 Å². The summed E-state index contributed by atoms with van der Waals surface area (Å²) in [6.45, 7) is 0.205. The van der Waals surface area contributed by atoms with Gasteiger partial charge in [0.1, 0.15) is 6.04 Å². The molecule has 0 spiro atoms. The van der Waals surface area contributed by atoms with Crippen molar-refractivity contribution in [2.75, 3.05) is 6.54 Å². The molecular formula is C6H10N2O3. The second-order valence-corrected chi connectivity index (χ2v) is 2.61. The van der Waals surface area contributed by atoms with Gasteiger partial charge in [0.05, 0.1) is 6.10 Å². The first-order chi connectivity index (χ1) is 5.15. The number of nitrogens with zero attached hydrogens (tertiary/aromatic N) is 1. The number of aliphatic hydroxyl groups excluding tert-OH is 1. The van der Waals surface area contributed by atoms with Crippen LogP contribution in [-0.2, 0) is 9.59 Å².